The quantitative estimate of drug-likeness (QED) is 0.598. The van der Waals surface area contributed by atoms with Crippen molar-refractivity contribution in [1.29, 1.82) is 0 Å². The fraction of sp³-hybridized carbons (Fsp3) is 0.769. The van der Waals surface area contributed by atoms with Gasteiger partial charge in [-0.05, 0) is 33.4 Å². The summed E-state index contributed by atoms with van der Waals surface area (Å²) in [6, 6.07) is 0.643. The molecule has 0 radical (unpaired) electrons. The number of nitrogens with one attached hydrogen (secondary N) is 1. The van der Waals surface area contributed by atoms with E-state index in [1.165, 1.54) is 0 Å². The van der Waals surface area contributed by atoms with Gasteiger partial charge in [0.15, 0.2) is 0 Å². The molecule has 0 aromatic carbocycles. The summed E-state index contributed by atoms with van der Waals surface area (Å²) in [4.78, 5) is 17.4. The second kappa shape index (κ2) is 7.37. The Morgan fingerprint density at radius 3 is 2.86 bits per heavy atom. The van der Waals surface area contributed by atoms with Gasteiger partial charge in [-0.15, -0.1) is 0 Å². The van der Waals surface area contributed by atoms with Gasteiger partial charge >= 0.3 is 6.01 Å². The van der Waals surface area contributed by atoms with E-state index in [0.717, 1.165) is 32.5 Å². The van der Waals surface area contributed by atoms with Gasteiger partial charge in [-0.1, -0.05) is 6.92 Å². The smallest absolute Gasteiger partial charge is 0.323 e. The highest BCUT2D eigenvalue weighted by molar-refractivity contribution is 5.39. The number of hydrazine groups is 1. The van der Waals surface area contributed by atoms with Crippen molar-refractivity contribution >= 4 is 11.9 Å². The minimum atomic E-state index is 0.319. The maximum Gasteiger partial charge on any atom is 0.323 e. The summed E-state index contributed by atoms with van der Waals surface area (Å²) in [5, 5.41) is 0. The van der Waals surface area contributed by atoms with Crippen LogP contribution in [0.1, 0.15) is 26.7 Å². The maximum absolute atomic E-state index is 5.52. The van der Waals surface area contributed by atoms with Crippen LogP contribution in [0.2, 0.25) is 0 Å². The summed E-state index contributed by atoms with van der Waals surface area (Å²) < 4.78 is 5.52. The fourth-order valence-electron chi connectivity index (χ4n) is 2.47. The van der Waals surface area contributed by atoms with Crippen LogP contribution in [-0.2, 0) is 0 Å². The molecule has 1 aliphatic heterocycles. The number of nitrogens with zero attached hydrogens (tertiary/aromatic N) is 5. The van der Waals surface area contributed by atoms with Crippen LogP contribution in [-0.4, -0.2) is 59.2 Å². The summed E-state index contributed by atoms with van der Waals surface area (Å²) in [7, 11) is 2.13. The highest BCUT2D eigenvalue weighted by atomic mass is 16.5. The Kier molecular flexibility index (Phi) is 5.51. The van der Waals surface area contributed by atoms with Crippen LogP contribution in [0.15, 0.2) is 0 Å². The molecule has 1 atom stereocenters. The third kappa shape index (κ3) is 4.15. The number of anilines is 2. The molecule has 2 rings (SSSR count). The van der Waals surface area contributed by atoms with Crippen LogP contribution in [0.25, 0.3) is 0 Å². The van der Waals surface area contributed by atoms with Crippen LogP contribution in [0.3, 0.4) is 0 Å². The molecule has 8 heteroatoms. The third-order valence-electron chi connectivity index (χ3n) is 3.47. The van der Waals surface area contributed by atoms with Crippen LogP contribution >= 0.6 is 0 Å². The van der Waals surface area contributed by atoms with Gasteiger partial charge in [0.25, 0.3) is 0 Å². The Bertz CT molecular complexity index is 456. The van der Waals surface area contributed by atoms with Crippen molar-refractivity contribution in [2.24, 2.45) is 5.84 Å². The number of ether oxygens (including phenoxy) is 1. The SMILES string of the molecule is CCCOc1nc(NN)nc(N2CCCN(C)CC2C)n1. The first-order valence-electron chi connectivity index (χ1n) is 7.44. The average molecular weight is 295 g/mol. The topological polar surface area (TPSA) is 92.4 Å². The zero-order valence-corrected chi connectivity index (χ0v) is 13.0. The van der Waals surface area contributed by atoms with Crippen molar-refractivity contribution in [1.82, 2.24) is 19.9 Å². The molecule has 3 N–H and O–H groups in total. The van der Waals surface area contributed by atoms with Crippen LogP contribution in [0, 0.1) is 0 Å². The predicted molar refractivity (Wildman–Crippen MR) is 82.3 cm³/mol. The summed E-state index contributed by atoms with van der Waals surface area (Å²) in [6.07, 6.45) is 1.97. The summed E-state index contributed by atoms with van der Waals surface area (Å²) in [5.41, 5.74) is 2.48. The number of likely N-dealkylation sites (N-methyl/N-ethyl adjacent to an activating group) is 1. The van der Waals surface area contributed by atoms with E-state index in [-0.39, 0.29) is 0 Å². The second-order valence-electron chi connectivity index (χ2n) is 5.39. The van der Waals surface area contributed by atoms with E-state index >= 15 is 0 Å². The van der Waals surface area contributed by atoms with Gasteiger partial charge in [-0.3, -0.25) is 5.43 Å². The number of nitrogen functional groups attached to an aromatic ring is 1. The monoisotopic (exact) mass is 295 g/mol. The van der Waals surface area contributed by atoms with Crippen LogP contribution in [0.4, 0.5) is 11.9 Å². The first-order chi connectivity index (χ1) is 10.1. The Balaban J connectivity index is 2.23. The van der Waals surface area contributed by atoms with E-state index in [0.29, 0.717) is 30.6 Å². The Morgan fingerprint density at radius 1 is 1.33 bits per heavy atom. The molecule has 1 fully saturated rings. The van der Waals surface area contributed by atoms with E-state index in [1.54, 1.807) is 0 Å². The molecule has 118 valence electrons. The van der Waals surface area contributed by atoms with Crippen LogP contribution < -0.4 is 20.9 Å². The molecule has 1 aromatic heterocycles. The van der Waals surface area contributed by atoms with Crippen LogP contribution in [0.5, 0.6) is 6.01 Å². The van der Waals surface area contributed by atoms with Gasteiger partial charge in [0.1, 0.15) is 0 Å². The molecule has 0 aliphatic carbocycles. The minimum absolute atomic E-state index is 0.319. The molecule has 0 amide bonds. The highest BCUT2D eigenvalue weighted by Crippen LogP contribution is 2.19. The van der Waals surface area contributed by atoms with Gasteiger partial charge in [0.05, 0.1) is 6.61 Å². The van der Waals surface area contributed by atoms with E-state index in [4.69, 9.17) is 10.6 Å². The highest BCUT2D eigenvalue weighted by Gasteiger charge is 2.23. The van der Waals surface area contributed by atoms with Crippen molar-refractivity contribution in [3.63, 3.8) is 0 Å². The maximum atomic E-state index is 5.52. The van der Waals surface area contributed by atoms with Crippen molar-refractivity contribution in [3.8, 4) is 6.01 Å². The average Bonchev–Trinajstić information content (AvgIpc) is 2.65. The predicted octanol–water partition coefficient (Wildman–Crippen LogP) is 0.476. The molecule has 8 nitrogen and oxygen atoms in total. The molecule has 0 bridgehead atoms. The van der Waals surface area contributed by atoms with E-state index in [2.05, 4.69) is 44.1 Å². The number of rotatable bonds is 5. The zero-order chi connectivity index (χ0) is 15.2. The van der Waals surface area contributed by atoms with Crippen molar-refractivity contribution in [2.45, 2.75) is 32.7 Å². The van der Waals surface area contributed by atoms with Crippen molar-refractivity contribution < 1.29 is 4.74 Å². The van der Waals surface area contributed by atoms with Gasteiger partial charge < -0.3 is 14.5 Å². The zero-order valence-electron chi connectivity index (χ0n) is 13.0. The van der Waals surface area contributed by atoms with Gasteiger partial charge in [0, 0.05) is 19.1 Å². The lowest BCUT2D eigenvalue weighted by Crippen LogP contribution is -2.39. The Morgan fingerprint density at radius 2 is 2.14 bits per heavy atom. The number of hydrogen-bond donors (Lipinski definition) is 2. The van der Waals surface area contributed by atoms with Gasteiger partial charge in [-0.25, -0.2) is 5.84 Å². The standard InChI is InChI=1S/C13H25N7O/c1-4-8-21-13-16-11(18-14)15-12(17-13)20-7-5-6-19(3)9-10(20)2/h10H,4-9,14H2,1-3H3,(H,15,16,17,18). The number of hydrogen-bond acceptors (Lipinski definition) is 8. The molecule has 1 aromatic rings. The molecule has 1 unspecified atom stereocenters. The molecule has 1 aliphatic rings. The summed E-state index contributed by atoms with van der Waals surface area (Å²) >= 11 is 0. The summed E-state index contributed by atoms with van der Waals surface area (Å²) in [5.74, 6) is 6.40. The van der Waals surface area contributed by atoms with E-state index in [9.17, 15) is 0 Å². The largest absolute Gasteiger partial charge is 0.463 e. The molecule has 0 saturated carbocycles. The van der Waals surface area contributed by atoms with Gasteiger partial charge in [-0.2, -0.15) is 15.0 Å². The number of aromatic nitrogens is 3. The Hall–Kier alpha value is -1.67. The lowest BCUT2D eigenvalue weighted by Gasteiger charge is -2.28. The first kappa shape index (κ1) is 15.7. The van der Waals surface area contributed by atoms with E-state index < -0.39 is 0 Å². The fourth-order valence-corrected chi connectivity index (χ4v) is 2.47. The lowest BCUT2D eigenvalue weighted by molar-refractivity contribution is 0.291. The molecule has 1 saturated heterocycles. The number of nitrogens with two attached hydrogens (primary N) is 1. The van der Waals surface area contributed by atoms with E-state index in [1.807, 2.05) is 6.92 Å². The second-order valence-corrected chi connectivity index (χ2v) is 5.39. The molecule has 2 heterocycles. The summed E-state index contributed by atoms with van der Waals surface area (Å²) in [6.45, 7) is 7.75. The van der Waals surface area contributed by atoms with Gasteiger partial charge in [0.2, 0.25) is 11.9 Å². The van der Waals surface area contributed by atoms with Crippen molar-refractivity contribution in [2.75, 3.05) is 43.6 Å². The normalized spacial score (nSPS) is 20.2. The molecular formula is C13H25N7O. The van der Waals surface area contributed by atoms with Crippen molar-refractivity contribution in [3.05, 3.63) is 0 Å². The minimum Gasteiger partial charge on any atom is -0.463 e. The first-order valence-corrected chi connectivity index (χ1v) is 7.44. The lowest BCUT2D eigenvalue weighted by atomic mass is 10.3. The Labute approximate surface area is 125 Å². The molecular weight excluding hydrogens is 270 g/mol. The molecule has 21 heavy (non-hydrogen) atoms. The third-order valence-corrected chi connectivity index (χ3v) is 3.47. The molecule has 0 spiro atoms.